The number of hydrogen-bond acceptors (Lipinski definition) is 3. The molecule has 0 radical (unpaired) electrons. The SMILES string of the molecule is CC(C)NCc1cc(S(=O)(=O)NC(C)C)ccc1F. The van der Waals surface area contributed by atoms with Gasteiger partial charge in [0.25, 0.3) is 0 Å². The first-order chi connectivity index (χ1) is 8.72. The number of rotatable bonds is 6. The van der Waals surface area contributed by atoms with Crippen LogP contribution in [0, 0.1) is 5.82 Å². The van der Waals surface area contributed by atoms with Crippen molar-refractivity contribution in [1.29, 1.82) is 0 Å². The molecular formula is C13H21FN2O2S. The molecule has 0 aliphatic heterocycles. The van der Waals surface area contributed by atoms with Gasteiger partial charge in [0, 0.05) is 24.2 Å². The van der Waals surface area contributed by atoms with Gasteiger partial charge < -0.3 is 5.32 Å². The lowest BCUT2D eigenvalue weighted by Crippen LogP contribution is -2.30. The van der Waals surface area contributed by atoms with E-state index >= 15 is 0 Å². The highest BCUT2D eigenvalue weighted by molar-refractivity contribution is 7.89. The van der Waals surface area contributed by atoms with Gasteiger partial charge in [0.1, 0.15) is 5.82 Å². The molecule has 0 bridgehead atoms. The molecule has 0 spiro atoms. The van der Waals surface area contributed by atoms with E-state index in [0.717, 1.165) is 0 Å². The van der Waals surface area contributed by atoms with E-state index in [1.165, 1.54) is 18.2 Å². The Hall–Kier alpha value is -0.980. The summed E-state index contributed by atoms with van der Waals surface area (Å²) in [5, 5.41) is 3.07. The predicted molar refractivity (Wildman–Crippen MR) is 73.8 cm³/mol. The highest BCUT2D eigenvalue weighted by Crippen LogP contribution is 2.15. The standard InChI is InChI=1S/C13H21FN2O2S/c1-9(2)15-8-11-7-12(5-6-13(11)14)19(17,18)16-10(3)4/h5-7,9-10,15-16H,8H2,1-4H3. The molecule has 108 valence electrons. The Morgan fingerprint density at radius 2 is 1.79 bits per heavy atom. The van der Waals surface area contributed by atoms with E-state index in [4.69, 9.17) is 0 Å². The fourth-order valence-electron chi connectivity index (χ4n) is 1.55. The summed E-state index contributed by atoms with van der Waals surface area (Å²) in [4.78, 5) is 0.0863. The minimum atomic E-state index is -3.58. The summed E-state index contributed by atoms with van der Waals surface area (Å²) >= 11 is 0. The molecule has 0 aromatic heterocycles. The van der Waals surface area contributed by atoms with Gasteiger partial charge in [-0.3, -0.25) is 0 Å². The van der Waals surface area contributed by atoms with Gasteiger partial charge in [0.15, 0.2) is 0 Å². The van der Waals surface area contributed by atoms with Crippen LogP contribution in [-0.2, 0) is 16.6 Å². The van der Waals surface area contributed by atoms with Crippen molar-refractivity contribution in [3.8, 4) is 0 Å². The molecule has 1 rings (SSSR count). The van der Waals surface area contributed by atoms with Crippen molar-refractivity contribution in [2.24, 2.45) is 0 Å². The quantitative estimate of drug-likeness (QED) is 0.842. The Morgan fingerprint density at radius 1 is 1.16 bits per heavy atom. The zero-order valence-electron chi connectivity index (χ0n) is 11.7. The first-order valence-corrected chi connectivity index (χ1v) is 7.75. The van der Waals surface area contributed by atoms with Gasteiger partial charge in [0.05, 0.1) is 4.90 Å². The van der Waals surface area contributed by atoms with Crippen LogP contribution in [0.25, 0.3) is 0 Å². The van der Waals surface area contributed by atoms with Crippen molar-refractivity contribution >= 4 is 10.0 Å². The fourth-order valence-corrected chi connectivity index (χ4v) is 2.85. The zero-order valence-corrected chi connectivity index (χ0v) is 12.5. The Balaban J connectivity index is 3.01. The van der Waals surface area contributed by atoms with Crippen LogP contribution in [0.1, 0.15) is 33.3 Å². The third kappa shape index (κ3) is 4.89. The highest BCUT2D eigenvalue weighted by Gasteiger charge is 2.17. The largest absolute Gasteiger partial charge is 0.310 e. The molecule has 0 aliphatic rings. The second-order valence-corrected chi connectivity index (χ2v) is 6.78. The maximum atomic E-state index is 13.6. The smallest absolute Gasteiger partial charge is 0.240 e. The molecule has 2 N–H and O–H groups in total. The zero-order chi connectivity index (χ0) is 14.6. The van der Waals surface area contributed by atoms with Crippen molar-refractivity contribution in [2.45, 2.75) is 51.2 Å². The first kappa shape index (κ1) is 16.1. The number of nitrogens with one attached hydrogen (secondary N) is 2. The average molecular weight is 288 g/mol. The van der Waals surface area contributed by atoms with Gasteiger partial charge in [0.2, 0.25) is 10.0 Å². The van der Waals surface area contributed by atoms with Gasteiger partial charge in [-0.25, -0.2) is 17.5 Å². The van der Waals surface area contributed by atoms with E-state index in [9.17, 15) is 12.8 Å². The summed E-state index contributed by atoms with van der Waals surface area (Å²) in [5.74, 6) is -0.406. The summed E-state index contributed by atoms with van der Waals surface area (Å²) in [6, 6.07) is 3.83. The summed E-state index contributed by atoms with van der Waals surface area (Å²) in [7, 11) is -3.58. The van der Waals surface area contributed by atoms with Gasteiger partial charge >= 0.3 is 0 Å². The lowest BCUT2D eigenvalue weighted by Gasteiger charge is -2.12. The van der Waals surface area contributed by atoms with Crippen LogP contribution in [0.15, 0.2) is 23.1 Å². The van der Waals surface area contributed by atoms with Crippen molar-refractivity contribution in [3.63, 3.8) is 0 Å². The van der Waals surface area contributed by atoms with Crippen molar-refractivity contribution in [1.82, 2.24) is 10.0 Å². The van der Waals surface area contributed by atoms with Crippen LogP contribution in [0.2, 0.25) is 0 Å². The highest BCUT2D eigenvalue weighted by atomic mass is 32.2. The Labute approximate surface area is 114 Å². The number of sulfonamides is 1. The topological polar surface area (TPSA) is 58.2 Å². The summed E-state index contributed by atoms with van der Waals surface area (Å²) in [6.45, 7) is 7.66. The number of halogens is 1. The molecule has 0 saturated heterocycles. The third-order valence-electron chi connectivity index (χ3n) is 2.42. The number of benzene rings is 1. The summed E-state index contributed by atoms with van der Waals surface area (Å²) in [5.41, 5.74) is 0.348. The maximum absolute atomic E-state index is 13.6. The molecule has 0 saturated carbocycles. The third-order valence-corrected chi connectivity index (χ3v) is 4.08. The van der Waals surface area contributed by atoms with Crippen LogP contribution < -0.4 is 10.0 Å². The molecular weight excluding hydrogens is 267 g/mol. The van der Waals surface area contributed by atoms with E-state index in [-0.39, 0.29) is 17.0 Å². The van der Waals surface area contributed by atoms with Gasteiger partial charge in [-0.2, -0.15) is 0 Å². The molecule has 0 fully saturated rings. The van der Waals surface area contributed by atoms with E-state index in [0.29, 0.717) is 12.1 Å². The summed E-state index contributed by atoms with van der Waals surface area (Å²) in [6.07, 6.45) is 0. The van der Waals surface area contributed by atoms with Gasteiger partial charge in [-0.15, -0.1) is 0 Å². The van der Waals surface area contributed by atoms with Gasteiger partial charge in [-0.05, 0) is 32.0 Å². The Bertz CT molecular complexity index is 527. The molecule has 0 aliphatic carbocycles. The normalized spacial score (nSPS) is 12.4. The second kappa shape index (κ2) is 6.45. The molecule has 6 heteroatoms. The Kier molecular flexibility index (Phi) is 5.46. The average Bonchev–Trinajstić information content (AvgIpc) is 2.25. The van der Waals surface area contributed by atoms with E-state index in [1.54, 1.807) is 13.8 Å². The molecule has 1 aromatic rings. The van der Waals surface area contributed by atoms with Crippen LogP contribution in [0.4, 0.5) is 4.39 Å². The lowest BCUT2D eigenvalue weighted by molar-refractivity contribution is 0.549. The monoisotopic (exact) mass is 288 g/mol. The second-order valence-electron chi connectivity index (χ2n) is 5.06. The molecule has 0 amide bonds. The molecule has 0 atom stereocenters. The van der Waals surface area contributed by atoms with Crippen molar-refractivity contribution in [3.05, 3.63) is 29.6 Å². The minimum Gasteiger partial charge on any atom is -0.310 e. The Morgan fingerprint density at radius 3 is 2.32 bits per heavy atom. The van der Waals surface area contributed by atoms with Crippen molar-refractivity contribution in [2.75, 3.05) is 0 Å². The summed E-state index contributed by atoms with van der Waals surface area (Å²) < 4.78 is 40.1. The van der Waals surface area contributed by atoms with Crippen LogP contribution in [-0.4, -0.2) is 20.5 Å². The van der Waals surface area contributed by atoms with Crippen LogP contribution in [0.3, 0.4) is 0 Å². The predicted octanol–water partition coefficient (Wildman–Crippen LogP) is 2.01. The van der Waals surface area contributed by atoms with Gasteiger partial charge in [-0.1, -0.05) is 13.8 Å². The maximum Gasteiger partial charge on any atom is 0.240 e. The van der Waals surface area contributed by atoms with Crippen LogP contribution >= 0.6 is 0 Å². The van der Waals surface area contributed by atoms with Crippen molar-refractivity contribution < 1.29 is 12.8 Å². The fraction of sp³-hybridized carbons (Fsp3) is 0.538. The minimum absolute atomic E-state index is 0.0863. The molecule has 0 unspecified atom stereocenters. The molecule has 0 heterocycles. The lowest BCUT2D eigenvalue weighted by atomic mass is 10.2. The first-order valence-electron chi connectivity index (χ1n) is 6.26. The molecule has 4 nitrogen and oxygen atoms in total. The molecule has 19 heavy (non-hydrogen) atoms. The van der Waals surface area contributed by atoms with E-state index in [2.05, 4.69) is 10.0 Å². The van der Waals surface area contributed by atoms with Crippen LogP contribution in [0.5, 0.6) is 0 Å². The number of hydrogen-bond donors (Lipinski definition) is 2. The van der Waals surface area contributed by atoms with E-state index < -0.39 is 15.8 Å². The molecule has 1 aromatic carbocycles. The van der Waals surface area contributed by atoms with E-state index in [1.807, 2.05) is 13.8 Å².